The van der Waals surface area contributed by atoms with Crippen molar-refractivity contribution in [3.05, 3.63) is 27.9 Å². The number of nitrogens with zero attached hydrogens (tertiary/aromatic N) is 2. The molecule has 3 nitrogen and oxygen atoms in total. The highest BCUT2D eigenvalue weighted by molar-refractivity contribution is 7.14. The number of thiophene rings is 1. The van der Waals surface area contributed by atoms with Crippen LogP contribution in [0.1, 0.15) is 31.4 Å². The zero-order valence-electron chi connectivity index (χ0n) is 12.7. The zero-order chi connectivity index (χ0) is 14.7. The lowest BCUT2D eigenvalue weighted by Crippen LogP contribution is -2.39. The molecule has 0 unspecified atom stereocenters. The molecule has 2 aromatic heterocycles. The van der Waals surface area contributed by atoms with Crippen molar-refractivity contribution in [2.45, 2.75) is 44.3 Å². The summed E-state index contributed by atoms with van der Waals surface area (Å²) < 4.78 is 0. The van der Waals surface area contributed by atoms with Crippen molar-refractivity contribution in [1.82, 2.24) is 15.2 Å². The summed E-state index contributed by atoms with van der Waals surface area (Å²) in [6.07, 6.45) is 5.18. The van der Waals surface area contributed by atoms with Crippen LogP contribution in [0, 0.1) is 0 Å². The van der Waals surface area contributed by atoms with Crippen LogP contribution in [0.4, 0.5) is 0 Å². The van der Waals surface area contributed by atoms with E-state index in [1.54, 1.807) is 22.7 Å². The number of thiazole rings is 1. The summed E-state index contributed by atoms with van der Waals surface area (Å²) in [6.45, 7) is 0.968. The smallest absolute Gasteiger partial charge is 0.124 e. The van der Waals surface area contributed by atoms with Gasteiger partial charge in [0.15, 0.2) is 0 Å². The highest BCUT2D eigenvalue weighted by Gasteiger charge is 2.23. The number of nitrogens with one attached hydrogen (secondary N) is 1. The van der Waals surface area contributed by atoms with E-state index in [1.165, 1.54) is 36.9 Å². The van der Waals surface area contributed by atoms with Crippen LogP contribution in [-0.2, 0) is 6.54 Å². The topological polar surface area (TPSA) is 28.2 Å². The summed E-state index contributed by atoms with van der Waals surface area (Å²) in [5.41, 5.74) is 2.47. The fourth-order valence-corrected chi connectivity index (χ4v) is 4.61. The molecule has 0 aliphatic heterocycles. The molecule has 0 spiro atoms. The monoisotopic (exact) mass is 321 g/mol. The Morgan fingerprint density at radius 2 is 2.10 bits per heavy atom. The SMILES string of the molecule is CNC1CCC(N(C)Cc2csc(-c3ccsc3)n2)CC1. The zero-order valence-corrected chi connectivity index (χ0v) is 14.3. The van der Waals surface area contributed by atoms with Crippen molar-refractivity contribution in [1.29, 1.82) is 0 Å². The Labute approximate surface area is 135 Å². The van der Waals surface area contributed by atoms with Crippen molar-refractivity contribution in [3.8, 4) is 10.6 Å². The summed E-state index contributed by atoms with van der Waals surface area (Å²) in [5.74, 6) is 0. The Balaban J connectivity index is 1.57. The molecule has 21 heavy (non-hydrogen) atoms. The predicted molar refractivity (Wildman–Crippen MR) is 92.0 cm³/mol. The highest BCUT2D eigenvalue weighted by Crippen LogP contribution is 2.27. The van der Waals surface area contributed by atoms with Gasteiger partial charge in [0.25, 0.3) is 0 Å². The Kier molecular flexibility index (Phi) is 5.06. The Morgan fingerprint density at radius 3 is 2.76 bits per heavy atom. The van der Waals surface area contributed by atoms with Gasteiger partial charge in [0.2, 0.25) is 0 Å². The quantitative estimate of drug-likeness (QED) is 0.907. The van der Waals surface area contributed by atoms with Gasteiger partial charge in [-0.25, -0.2) is 4.98 Å². The van der Waals surface area contributed by atoms with E-state index in [-0.39, 0.29) is 0 Å². The molecule has 0 amide bonds. The van der Waals surface area contributed by atoms with E-state index in [1.807, 2.05) is 0 Å². The first-order valence-corrected chi connectivity index (χ1v) is 9.43. The fraction of sp³-hybridized carbons (Fsp3) is 0.562. The van der Waals surface area contributed by atoms with Crippen molar-refractivity contribution in [2.75, 3.05) is 14.1 Å². The molecule has 1 fully saturated rings. The van der Waals surface area contributed by atoms with Gasteiger partial charge < -0.3 is 5.32 Å². The van der Waals surface area contributed by atoms with Crippen LogP contribution in [0.3, 0.4) is 0 Å². The van der Waals surface area contributed by atoms with Gasteiger partial charge in [-0.1, -0.05) is 0 Å². The third kappa shape index (κ3) is 3.72. The number of hydrogen-bond donors (Lipinski definition) is 1. The van der Waals surface area contributed by atoms with E-state index in [0.717, 1.165) is 17.6 Å². The normalized spacial score (nSPS) is 22.8. The summed E-state index contributed by atoms with van der Waals surface area (Å²) in [7, 11) is 4.32. The van der Waals surface area contributed by atoms with Gasteiger partial charge in [-0.05, 0) is 51.2 Å². The average Bonchev–Trinajstić information content (AvgIpc) is 3.18. The Morgan fingerprint density at radius 1 is 1.29 bits per heavy atom. The highest BCUT2D eigenvalue weighted by atomic mass is 32.1. The first-order chi connectivity index (χ1) is 10.3. The Hall–Kier alpha value is -0.750. The molecule has 2 aromatic rings. The van der Waals surface area contributed by atoms with Crippen LogP contribution in [0.2, 0.25) is 0 Å². The van der Waals surface area contributed by atoms with E-state index in [2.05, 4.69) is 46.5 Å². The van der Waals surface area contributed by atoms with E-state index in [4.69, 9.17) is 4.98 Å². The number of hydrogen-bond acceptors (Lipinski definition) is 5. The van der Waals surface area contributed by atoms with E-state index < -0.39 is 0 Å². The lowest BCUT2D eigenvalue weighted by Gasteiger charge is -2.34. The minimum absolute atomic E-state index is 0.709. The molecule has 1 aliphatic carbocycles. The average molecular weight is 322 g/mol. The summed E-state index contributed by atoms with van der Waals surface area (Å²) in [4.78, 5) is 7.27. The maximum absolute atomic E-state index is 4.79. The van der Waals surface area contributed by atoms with E-state index in [0.29, 0.717) is 6.04 Å². The minimum Gasteiger partial charge on any atom is -0.317 e. The van der Waals surface area contributed by atoms with Crippen LogP contribution in [0.25, 0.3) is 10.6 Å². The molecule has 5 heteroatoms. The second kappa shape index (κ2) is 7.01. The molecular weight excluding hydrogens is 298 g/mol. The minimum atomic E-state index is 0.709. The van der Waals surface area contributed by atoms with Gasteiger partial charge >= 0.3 is 0 Å². The molecule has 0 saturated heterocycles. The molecule has 1 aliphatic rings. The van der Waals surface area contributed by atoms with E-state index in [9.17, 15) is 0 Å². The first kappa shape index (κ1) is 15.2. The maximum Gasteiger partial charge on any atom is 0.124 e. The third-order valence-corrected chi connectivity index (χ3v) is 6.08. The Bertz CT molecular complexity index is 542. The van der Waals surface area contributed by atoms with Gasteiger partial charge in [-0.3, -0.25) is 4.90 Å². The van der Waals surface area contributed by atoms with Crippen LogP contribution in [-0.4, -0.2) is 36.1 Å². The third-order valence-electron chi connectivity index (χ3n) is 4.46. The molecule has 3 rings (SSSR count). The summed E-state index contributed by atoms with van der Waals surface area (Å²) in [5, 5.41) is 11.1. The molecule has 0 atom stereocenters. The van der Waals surface area contributed by atoms with Gasteiger partial charge in [0.05, 0.1) is 5.69 Å². The van der Waals surface area contributed by atoms with Crippen molar-refractivity contribution >= 4 is 22.7 Å². The first-order valence-electron chi connectivity index (χ1n) is 7.60. The lowest BCUT2D eigenvalue weighted by atomic mass is 9.90. The van der Waals surface area contributed by atoms with Crippen LogP contribution in [0.5, 0.6) is 0 Å². The molecule has 1 saturated carbocycles. The van der Waals surface area contributed by atoms with Crippen LogP contribution < -0.4 is 5.32 Å². The van der Waals surface area contributed by atoms with Gasteiger partial charge in [0, 0.05) is 35.0 Å². The summed E-state index contributed by atoms with van der Waals surface area (Å²) >= 11 is 3.49. The molecule has 0 radical (unpaired) electrons. The second-order valence-corrected chi connectivity index (χ2v) is 7.50. The molecular formula is C16H23N3S2. The van der Waals surface area contributed by atoms with Crippen LogP contribution >= 0.6 is 22.7 Å². The number of aromatic nitrogens is 1. The number of rotatable bonds is 5. The van der Waals surface area contributed by atoms with Gasteiger partial charge in [-0.2, -0.15) is 11.3 Å². The largest absolute Gasteiger partial charge is 0.317 e. The van der Waals surface area contributed by atoms with Crippen molar-refractivity contribution < 1.29 is 0 Å². The lowest BCUT2D eigenvalue weighted by molar-refractivity contribution is 0.168. The maximum atomic E-state index is 4.79. The second-order valence-electron chi connectivity index (χ2n) is 5.87. The molecule has 0 aromatic carbocycles. The molecule has 1 N–H and O–H groups in total. The van der Waals surface area contributed by atoms with Gasteiger partial charge in [0.1, 0.15) is 5.01 Å². The standard InChI is InChI=1S/C16H23N3S2/c1-17-13-3-5-15(6-4-13)19(2)9-14-11-21-16(18-14)12-7-8-20-10-12/h7-8,10-11,13,15,17H,3-6,9H2,1-2H3. The predicted octanol–water partition coefficient (Wildman–Crippen LogP) is 3.83. The molecule has 114 valence electrons. The van der Waals surface area contributed by atoms with E-state index >= 15 is 0 Å². The van der Waals surface area contributed by atoms with Crippen LogP contribution in [0.15, 0.2) is 22.2 Å². The van der Waals surface area contributed by atoms with Gasteiger partial charge in [-0.15, -0.1) is 11.3 Å². The molecule has 2 heterocycles. The summed E-state index contributed by atoms with van der Waals surface area (Å²) in [6, 6.07) is 3.58. The van der Waals surface area contributed by atoms with Crippen molar-refractivity contribution in [2.24, 2.45) is 0 Å². The molecule has 0 bridgehead atoms. The fourth-order valence-electron chi connectivity index (χ4n) is 3.09. The van der Waals surface area contributed by atoms with Crippen molar-refractivity contribution in [3.63, 3.8) is 0 Å².